The van der Waals surface area contributed by atoms with Crippen molar-refractivity contribution in [3.63, 3.8) is 0 Å². The lowest BCUT2D eigenvalue weighted by atomic mass is 9.88. The fourth-order valence-corrected chi connectivity index (χ4v) is 2.70. The van der Waals surface area contributed by atoms with Crippen LogP contribution in [0.15, 0.2) is 24.3 Å². The highest BCUT2D eigenvalue weighted by molar-refractivity contribution is 5.27. The van der Waals surface area contributed by atoms with Gasteiger partial charge < -0.3 is 9.84 Å². The number of rotatable bonds is 4. The van der Waals surface area contributed by atoms with E-state index in [9.17, 15) is 5.11 Å². The smallest absolute Gasteiger partial charge is 0.0968 e. The molecule has 2 rings (SSSR count). The van der Waals surface area contributed by atoms with Gasteiger partial charge in [-0.05, 0) is 31.4 Å². The summed E-state index contributed by atoms with van der Waals surface area (Å²) in [5.74, 6) is 0. The van der Waals surface area contributed by atoms with Crippen molar-refractivity contribution in [2.24, 2.45) is 0 Å². The van der Waals surface area contributed by atoms with Gasteiger partial charge in [-0.3, -0.25) is 4.90 Å². The summed E-state index contributed by atoms with van der Waals surface area (Å²) in [4.78, 5) is 2.32. The first-order valence-corrected chi connectivity index (χ1v) is 7.15. The SMILES string of the molecule is CCc1cccc(C(O)C(C)(C)N2CCOCC2)c1. The molecule has 1 heterocycles. The van der Waals surface area contributed by atoms with E-state index in [1.165, 1.54) is 5.56 Å². The summed E-state index contributed by atoms with van der Waals surface area (Å²) in [5, 5.41) is 10.7. The molecule has 1 aliphatic rings. The van der Waals surface area contributed by atoms with Crippen LogP contribution < -0.4 is 0 Å². The van der Waals surface area contributed by atoms with Gasteiger partial charge in [0.25, 0.3) is 0 Å². The number of aryl methyl sites for hydroxylation is 1. The van der Waals surface area contributed by atoms with Crippen LogP contribution in [0.25, 0.3) is 0 Å². The monoisotopic (exact) mass is 263 g/mol. The second-order valence-electron chi connectivity index (χ2n) is 5.75. The van der Waals surface area contributed by atoms with E-state index < -0.39 is 6.10 Å². The van der Waals surface area contributed by atoms with Crippen molar-refractivity contribution in [1.29, 1.82) is 0 Å². The molecular formula is C16H25NO2. The Morgan fingerprint density at radius 3 is 2.63 bits per heavy atom. The molecule has 19 heavy (non-hydrogen) atoms. The zero-order valence-electron chi connectivity index (χ0n) is 12.2. The lowest BCUT2D eigenvalue weighted by molar-refractivity contribution is -0.0630. The average molecular weight is 263 g/mol. The van der Waals surface area contributed by atoms with E-state index in [-0.39, 0.29) is 5.54 Å². The van der Waals surface area contributed by atoms with Gasteiger partial charge in [-0.15, -0.1) is 0 Å². The van der Waals surface area contributed by atoms with Crippen LogP contribution in [-0.2, 0) is 11.2 Å². The van der Waals surface area contributed by atoms with E-state index >= 15 is 0 Å². The maximum atomic E-state index is 10.7. The minimum atomic E-state index is -0.475. The Morgan fingerprint density at radius 1 is 1.32 bits per heavy atom. The molecule has 1 aliphatic heterocycles. The molecule has 3 nitrogen and oxygen atoms in total. The highest BCUT2D eigenvalue weighted by Gasteiger charge is 2.36. The van der Waals surface area contributed by atoms with Gasteiger partial charge >= 0.3 is 0 Å². The van der Waals surface area contributed by atoms with Crippen molar-refractivity contribution in [3.05, 3.63) is 35.4 Å². The van der Waals surface area contributed by atoms with E-state index in [1.807, 2.05) is 12.1 Å². The Bertz CT molecular complexity index is 411. The van der Waals surface area contributed by atoms with Gasteiger partial charge in [0.2, 0.25) is 0 Å². The summed E-state index contributed by atoms with van der Waals surface area (Å²) in [6, 6.07) is 8.28. The summed E-state index contributed by atoms with van der Waals surface area (Å²) >= 11 is 0. The number of morpholine rings is 1. The Morgan fingerprint density at radius 2 is 2.00 bits per heavy atom. The van der Waals surface area contributed by atoms with Crippen LogP contribution in [0, 0.1) is 0 Å². The molecule has 1 atom stereocenters. The van der Waals surface area contributed by atoms with Crippen molar-refractivity contribution < 1.29 is 9.84 Å². The normalized spacial score (nSPS) is 19.4. The third-order valence-corrected chi connectivity index (χ3v) is 4.17. The molecule has 1 saturated heterocycles. The van der Waals surface area contributed by atoms with Crippen LogP contribution >= 0.6 is 0 Å². The second kappa shape index (κ2) is 6.04. The summed E-state index contributed by atoms with van der Waals surface area (Å²) in [6.07, 6.45) is 0.524. The largest absolute Gasteiger partial charge is 0.386 e. The molecule has 1 N–H and O–H groups in total. The maximum absolute atomic E-state index is 10.7. The predicted octanol–water partition coefficient (Wildman–Crippen LogP) is 2.39. The Balaban J connectivity index is 2.18. The lowest BCUT2D eigenvalue weighted by Gasteiger charge is -2.43. The van der Waals surface area contributed by atoms with E-state index in [1.54, 1.807) is 0 Å². The minimum absolute atomic E-state index is 0.268. The van der Waals surface area contributed by atoms with Crippen molar-refractivity contribution >= 4 is 0 Å². The van der Waals surface area contributed by atoms with Crippen LogP contribution in [0.2, 0.25) is 0 Å². The number of aliphatic hydroxyl groups is 1. The number of aliphatic hydroxyl groups excluding tert-OH is 1. The van der Waals surface area contributed by atoms with Crippen LogP contribution in [0.4, 0.5) is 0 Å². The van der Waals surface area contributed by atoms with E-state index in [0.717, 1.165) is 38.3 Å². The highest BCUT2D eigenvalue weighted by Crippen LogP contribution is 2.31. The van der Waals surface area contributed by atoms with Crippen LogP contribution in [-0.4, -0.2) is 41.8 Å². The lowest BCUT2D eigenvalue weighted by Crippen LogP contribution is -2.53. The molecular weight excluding hydrogens is 238 g/mol. The first-order valence-electron chi connectivity index (χ1n) is 7.15. The fourth-order valence-electron chi connectivity index (χ4n) is 2.70. The molecule has 106 valence electrons. The summed E-state index contributed by atoms with van der Waals surface area (Å²) < 4.78 is 5.39. The summed E-state index contributed by atoms with van der Waals surface area (Å²) in [7, 11) is 0. The van der Waals surface area contributed by atoms with Gasteiger partial charge in [-0.2, -0.15) is 0 Å². The molecule has 0 radical (unpaired) electrons. The zero-order valence-corrected chi connectivity index (χ0v) is 12.2. The predicted molar refractivity (Wildman–Crippen MR) is 77.3 cm³/mol. The molecule has 1 aromatic carbocycles. The van der Waals surface area contributed by atoms with Crippen LogP contribution in [0.1, 0.15) is 38.0 Å². The fraction of sp³-hybridized carbons (Fsp3) is 0.625. The highest BCUT2D eigenvalue weighted by atomic mass is 16.5. The van der Waals surface area contributed by atoms with Gasteiger partial charge in [0.1, 0.15) is 0 Å². The molecule has 0 saturated carbocycles. The first kappa shape index (κ1) is 14.5. The third kappa shape index (κ3) is 3.16. The Labute approximate surface area is 116 Å². The third-order valence-electron chi connectivity index (χ3n) is 4.17. The zero-order chi connectivity index (χ0) is 13.9. The second-order valence-corrected chi connectivity index (χ2v) is 5.75. The molecule has 1 aromatic rings. The van der Waals surface area contributed by atoms with Crippen molar-refractivity contribution in [1.82, 2.24) is 4.90 Å². The number of ether oxygens (including phenoxy) is 1. The average Bonchev–Trinajstić information content (AvgIpc) is 2.47. The molecule has 0 bridgehead atoms. The molecule has 3 heteroatoms. The van der Waals surface area contributed by atoms with E-state index in [2.05, 4.69) is 37.8 Å². The van der Waals surface area contributed by atoms with Crippen molar-refractivity contribution in [2.75, 3.05) is 26.3 Å². The maximum Gasteiger partial charge on any atom is 0.0968 e. The number of hydrogen-bond donors (Lipinski definition) is 1. The van der Waals surface area contributed by atoms with E-state index in [0.29, 0.717) is 0 Å². The molecule has 0 amide bonds. The van der Waals surface area contributed by atoms with Crippen LogP contribution in [0.3, 0.4) is 0 Å². The summed E-state index contributed by atoms with van der Waals surface area (Å²) in [5.41, 5.74) is 2.01. The van der Waals surface area contributed by atoms with Crippen molar-refractivity contribution in [2.45, 2.75) is 38.8 Å². The number of hydrogen-bond acceptors (Lipinski definition) is 3. The standard InChI is InChI=1S/C16H25NO2/c1-4-13-6-5-7-14(12-13)15(18)16(2,3)17-8-10-19-11-9-17/h5-7,12,15,18H,4,8-11H2,1-3H3. The summed E-state index contributed by atoms with van der Waals surface area (Å²) in [6.45, 7) is 9.65. The molecule has 0 spiro atoms. The Kier molecular flexibility index (Phi) is 4.61. The van der Waals surface area contributed by atoms with Gasteiger partial charge in [-0.25, -0.2) is 0 Å². The number of nitrogens with zero attached hydrogens (tertiary/aromatic N) is 1. The van der Waals surface area contributed by atoms with Crippen LogP contribution in [0.5, 0.6) is 0 Å². The Hall–Kier alpha value is -0.900. The van der Waals surface area contributed by atoms with E-state index in [4.69, 9.17) is 4.74 Å². The molecule has 0 aliphatic carbocycles. The van der Waals surface area contributed by atoms with Gasteiger partial charge in [0.15, 0.2) is 0 Å². The first-order chi connectivity index (χ1) is 9.05. The molecule has 1 unspecified atom stereocenters. The van der Waals surface area contributed by atoms with Gasteiger partial charge in [0, 0.05) is 18.6 Å². The van der Waals surface area contributed by atoms with Gasteiger partial charge in [-0.1, -0.05) is 31.2 Å². The van der Waals surface area contributed by atoms with Crippen molar-refractivity contribution in [3.8, 4) is 0 Å². The topological polar surface area (TPSA) is 32.7 Å². The number of benzene rings is 1. The molecule has 1 fully saturated rings. The van der Waals surface area contributed by atoms with Gasteiger partial charge in [0.05, 0.1) is 19.3 Å². The molecule has 0 aromatic heterocycles. The minimum Gasteiger partial charge on any atom is -0.386 e. The quantitative estimate of drug-likeness (QED) is 0.905.